The van der Waals surface area contributed by atoms with E-state index in [2.05, 4.69) is 19.8 Å². The van der Waals surface area contributed by atoms with Crippen LogP contribution in [-0.4, -0.2) is 25.6 Å². The van der Waals surface area contributed by atoms with E-state index in [1.807, 2.05) is 61.6 Å². The molecule has 0 saturated heterocycles. The molecule has 0 saturated carbocycles. The molecule has 0 bridgehead atoms. The fourth-order valence-corrected chi connectivity index (χ4v) is 5.40. The Hall–Kier alpha value is -4.37. The topological polar surface area (TPSA) is 101 Å². The normalized spacial score (nSPS) is 11.4. The molecular formula is C28H26N4O4S. The third-order valence-electron chi connectivity index (χ3n) is 6.24. The molecule has 2 aromatic heterocycles. The number of hydrogen-bond donors (Lipinski definition) is 1. The molecule has 0 aliphatic carbocycles. The summed E-state index contributed by atoms with van der Waals surface area (Å²) in [5, 5.41) is 3.86. The molecular weight excluding hydrogens is 488 g/mol. The number of nitrogens with one attached hydrogen (secondary N) is 1. The van der Waals surface area contributed by atoms with Gasteiger partial charge in [-0.25, -0.2) is 18.1 Å². The molecule has 37 heavy (non-hydrogen) atoms. The summed E-state index contributed by atoms with van der Waals surface area (Å²) in [5.74, 6) is 0.601. The molecule has 8 nitrogen and oxygen atoms in total. The first-order chi connectivity index (χ1) is 17.8. The highest BCUT2D eigenvalue weighted by atomic mass is 32.2. The van der Waals surface area contributed by atoms with Crippen LogP contribution in [0.1, 0.15) is 16.8 Å². The zero-order valence-corrected chi connectivity index (χ0v) is 21.5. The minimum atomic E-state index is -3.98. The van der Waals surface area contributed by atoms with Crippen molar-refractivity contribution >= 4 is 21.6 Å². The van der Waals surface area contributed by atoms with E-state index < -0.39 is 10.0 Å². The summed E-state index contributed by atoms with van der Waals surface area (Å²) in [5.41, 5.74) is 5.37. The molecule has 5 aromatic rings. The number of aryl methyl sites for hydroxylation is 1. The van der Waals surface area contributed by atoms with Gasteiger partial charge in [0.1, 0.15) is 6.26 Å². The lowest BCUT2D eigenvalue weighted by molar-refractivity contribution is 0.430. The van der Waals surface area contributed by atoms with Gasteiger partial charge in [0, 0.05) is 36.0 Å². The zero-order chi connectivity index (χ0) is 26.0. The molecule has 0 fully saturated rings. The fourth-order valence-electron chi connectivity index (χ4n) is 4.13. The third kappa shape index (κ3) is 4.99. The molecule has 9 heteroatoms. The first kappa shape index (κ1) is 24.3. The zero-order valence-electron chi connectivity index (χ0n) is 20.7. The van der Waals surface area contributed by atoms with Crippen molar-refractivity contribution in [3.8, 4) is 22.6 Å². The van der Waals surface area contributed by atoms with Gasteiger partial charge in [0.25, 0.3) is 10.0 Å². The molecule has 0 amide bonds. The van der Waals surface area contributed by atoms with Crippen LogP contribution in [0.3, 0.4) is 0 Å². The third-order valence-corrected chi connectivity index (χ3v) is 7.63. The Morgan fingerprint density at radius 3 is 2.41 bits per heavy atom. The molecule has 1 N–H and O–H groups in total. The first-order valence-corrected chi connectivity index (χ1v) is 13.2. The second kappa shape index (κ2) is 9.94. The van der Waals surface area contributed by atoms with E-state index in [1.54, 1.807) is 38.2 Å². The van der Waals surface area contributed by atoms with Gasteiger partial charge in [-0.15, -0.1) is 0 Å². The highest BCUT2D eigenvalue weighted by molar-refractivity contribution is 7.92. The lowest BCUT2D eigenvalue weighted by Gasteiger charge is -2.22. The average Bonchev–Trinajstić information content (AvgIpc) is 3.56. The number of anilines is 2. The van der Waals surface area contributed by atoms with E-state index in [0.717, 1.165) is 22.4 Å². The van der Waals surface area contributed by atoms with Crippen LogP contribution in [0.5, 0.6) is 0 Å². The Morgan fingerprint density at radius 2 is 1.70 bits per heavy atom. The van der Waals surface area contributed by atoms with E-state index >= 15 is 0 Å². The number of hydrogen-bond acceptors (Lipinski definition) is 7. The summed E-state index contributed by atoms with van der Waals surface area (Å²) in [6.07, 6.45) is 3.12. The van der Waals surface area contributed by atoms with Crippen molar-refractivity contribution in [3.05, 3.63) is 102 Å². The van der Waals surface area contributed by atoms with Crippen LogP contribution in [0.15, 0.2) is 99.1 Å². The van der Waals surface area contributed by atoms with Gasteiger partial charge in [0.05, 0.1) is 16.8 Å². The van der Waals surface area contributed by atoms with Crippen LogP contribution in [0.2, 0.25) is 0 Å². The lowest BCUT2D eigenvalue weighted by Crippen LogP contribution is -2.18. The van der Waals surface area contributed by atoms with Gasteiger partial charge in [-0.2, -0.15) is 0 Å². The predicted octanol–water partition coefficient (Wildman–Crippen LogP) is 6.05. The molecule has 3 aromatic carbocycles. The van der Waals surface area contributed by atoms with Crippen LogP contribution in [0.4, 0.5) is 11.6 Å². The lowest BCUT2D eigenvalue weighted by atomic mass is 9.96. The van der Waals surface area contributed by atoms with Crippen molar-refractivity contribution in [2.45, 2.75) is 25.3 Å². The summed E-state index contributed by atoms with van der Waals surface area (Å²) in [6, 6.07) is 22.7. The van der Waals surface area contributed by atoms with Gasteiger partial charge in [0.2, 0.25) is 11.8 Å². The SMILES string of the molecule is Cc1noc(NS(=O)(=O)c2ccccc2-c2ccc(-c3ncco3)cc2CN(C)c2ccccc2)c1C. The standard InChI is InChI=1S/C28H26N4O4S/c1-19-20(2)30-36-27(19)31-37(33,34)26-12-8-7-11-25(26)24-14-13-21(28-29-15-16-35-28)17-22(24)18-32(3)23-9-5-4-6-10-23/h4-17,31H,18H2,1-3H3. The van der Waals surface area contributed by atoms with Gasteiger partial charge < -0.3 is 13.8 Å². The smallest absolute Gasteiger partial charge is 0.264 e. The number of rotatable bonds is 8. The highest BCUT2D eigenvalue weighted by Gasteiger charge is 2.24. The van der Waals surface area contributed by atoms with E-state index in [-0.39, 0.29) is 10.8 Å². The molecule has 0 spiro atoms. The molecule has 5 rings (SSSR count). The van der Waals surface area contributed by atoms with Crippen molar-refractivity contribution in [1.82, 2.24) is 10.1 Å². The van der Waals surface area contributed by atoms with E-state index in [4.69, 9.17) is 8.94 Å². The molecule has 0 unspecified atom stereocenters. The Morgan fingerprint density at radius 1 is 0.946 bits per heavy atom. The van der Waals surface area contributed by atoms with Crippen LogP contribution in [-0.2, 0) is 16.6 Å². The maximum Gasteiger partial charge on any atom is 0.264 e. The Bertz CT molecular complexity index is 1630. The molecule has 0 radical (unpaired) electrons. The maximum atomic E-state index is 13.5. The second-order valence-electron chi connectivity index (χ2n) is 8.72. The molecule has 188 valence electrons. The van der Waals surface area contributed by atoms with Crippen LogP contribution < -0.4 is 9.62 Å². The Kier molecular flexibility index (Phi) is 6.54. The quantitative estimate of drug-likeness (QED) is 0.269. The van der Waals surface area contributed by atoms with Crippen molar-refractivity contribution in [2.24, 2.45) is 0 Å². The first-order valence-electron chi connectivity index (χ1n) is 11.7. The number of sulfonamides is 1. The molecule has 0 aliphatic rings. The Balaban J connectivity index is 1.60. The number of aromatic nitrogens is 2. The van der Waals surface area contributed by atoms with Gasteiger partial charge >= 0.3 is 0 Å². The number of benzene rings is 3. The summed E-state index contributed by atoms with van der Waals surface area (Å²) in [4.78, 5) is 6.52. The minimum Gasteiger partial charge on any atom is -0.445 e. The van der Waals surface area contributed by atoms with Crippen molar-refractivity contribution < 1.29 is 17.4 Å². The fraction of sp³-hybridized carbons (Fsp3) is 0.143. The van der Waals surface area contributed by atoms with Gasteiger partial charge in [0.15, 0.2) is 0 Å². The van der Waals surface area contributed by atoms with Crippen LogP contribution in [0.25, 0.3) is 22.6 Å². The molecule has 2 heterocycles. The average molecular weight is 515 g/mol. The van der Waals surface area contributed by atoms with Crippen LogP contribution in [0, 0.1) is 13.8 Å². The highest BCUT2D eigenvalue weighted by Crippen LogP contribution is 2.35. The molecule has 0 aliphatic heterocycles. The number of nitrogens with zero attached hydrogens (tertiary/aromatic N) is 3. The van der Waals surface area contributed by atoms with Gasteiger partial charge in [-0.3, -0.25) is 0 Å². The predicted molar refractivity (Wildman–Crippen MR) is 143 cm³/mol. The summed E-state index contributed by atoms with van der Waals surface area (Å²) in [6.45, 7) is 4.04. The van der Waals surface area contributed by atoms with Crippen molar-refractivity contribution in [1.29, 1.82) is 0 Å². The second-order valence-corrected chi connectivity index (χ2v) is 10.4. The maximum absolute atomic E-state index is 13.5. The van der Waals surface area contributed by atoms with Crippen molar-refractivity contribution in [2.75, 3.05) is 16.7 Å². The summed E-state index contributed by atoms with van der Waals surface area (Å²) >= 11 is 0. The largest absolute Gasteiger partial charge is 0.445 e. The van der Waals surface area contributed by atoms with Crippen molar-refractivity contribution in [3.63, 3.8) is 0 Å². The number of para-hydroxylation sites is 1. The number of oxazole rings is 1. The van der Waals surface area contributed by atoms with E-state index in [9.17, 15) is 8.42 Å². The van der Waals surface area contributed by atoms with E-state index in [0.29, 0.717) is 29.3 Å². The van der Waals surface area contributed by atoms with Gasteiger partial charge in [-0.1, -0.05) is 47.6 Å². The summed E-state index contributed by atoms with van der Waals surface area (Å²) in [7, 11) is -1.98. The monoisotopic (exact) mass is 514 g/mol. The molecule has 0 atom stereocenters. The summed E-state index contributed by atoms with van der Waals surface area (Å²) < 4.78 is 40.4. The Labute approximate surface area is 215 Å². The van der Waals surface area contributed by atoms with Crippen LogP contribution >= 0.6 is 0 Å². The minimum absolute atomic E-state index is 0.107. The van der Waals surface area contributed by atoms with Gasteiger partial charge in [-0.05, 0) is 55.3 Å². The van der Waals surface area contributed by atoms with E-state index in [1.165, 1.54) is 6.26 Å².